The Labute approximate surface area is 118 Å². The highest BCUT2D eigenvalue weighted by Crippen LogP contribution is 2.23. The van der Waals surface area contributed by atoms with Gasteiger partial charge in [0.1, 0.15) is 5.82 Å². The van der Waals surface area contributed by atoms with Gasteiger partial charge in [0.15, 0.2) is 5.82 Å². The lowest BCUT2D eigenvalue weighted by Crippen LogP contribution is -2.17. The van der Waals surface area contributed by atoms with Gasteiger partial charge in [0, 0.05) is 31.6 Å². The van der Waals surface area contributed by atoms with Gasteiger partial charge in [-0.3, -0.25) is 0 Å². The quantitative estimate of drug-likeness (QED) is 0.862. The van der Waals surface area contributed by atoms with Crippen LogP contribution in [0.1, 0.15) is 11.4 Å². The number of aliphatic hydroxyl groups is 1. The first-order chi connectivity index (χ1) is 8.90. The van der Waals surface area contributed by atoms with Crippen LogP contribution in [0.5, 0.6) is 0 Å². The average molecular weight is 281 g/mol. The molecule has 1 aromatic heterocycles. The lowest BCUT2D eigenvalue weighted by molar-refractivity contribution is 0.282. The number of aliphatic hydroxyl groups excluding tert-OH is 1. The zero-order valence-electron chi connectivity index (χ0n) is 10.5. The van der Waals surface area contributed by atoms with E-state index in [4.69, 9.17) is 0 Å². The number of nitrogens with one attached hydrogen (secondary N) is 1. The van der Waals surface area contributed by atoms with Gasteiger partial charge < -0.3 is 15.0 Å². The van der Waals surface area contributed by atoms with Crippen LogP contribution in [0.25, 0.3) is 11.4 Å². The van der Waals surface area contributed by atoms with Crippen molar-refractivity contribution >= 4 is 12.4 Å². The number of fused-ring (bicyclic) bond motifs is 1. The van der Waals surface area contributed by atoms with Crippen LogP contribution < -0.4 is 5.32 Å². The van der Waals surface area contributed by atoms with Crippen LogP contribution in [0, 0.1) is 0 Å². The van der Waals surface area contributed by atoms with E-state index in [1.54, 1.807) is 0 Å². The summed E-state index contributed by atoms with van der Waals surface area (Å²) >= 11 is 0. The van der Waals surface area contributed by atoms with Crippen LogP contribution in [-0.4, -0.2) is 33.0 Å². The molecule has 0 aliphatic carbocycles. The summed E-state index contributed by atoms with van der Waals surface area (Å²) in [7, 11) is 0. The van der Waals surface area contributed by atoms with Crippen molar-refractivity contribution in [2.24, 2.45) is 0 Å². The summed E-state index contributed by atoms with van der Waals surface area (Å²) in [6.45, 7) is 2.77. The molecule has 5 nitrogen and oxygen atoms in total. The maximum atomic E-state index is 9.41. The zero-order valence-corrected chi connectivity index (χ0v) is 11.4. The topological polar surface area (TPSA) is 63.0 Å². The molecule has 2 heterocycles. The van der Waals surface area contributed by atoms with Crippen LogP contribution in [0.3, 0.4) is 0 Å². The fourth-order valence-corrected chi connectivity index (χ4v) is 2.35. The lowest BCUT2D eigenvalue weighted by atomic mass is 10.1. The number of aromatic nitrogens is 3. The van der Waals surface area contributed by atoms with E-state index < -0.39 is 0 Å². The number of hydrogen-bond acceptors (Lipinski definition) is 4. The second-order valence-corrected chi connectivity index (χ2v) is 4.41. The van der Waals surface area contributed by atoms with Gasteiger partial charge in [-0.05, 0) is 5.56 Å². The number of halogens is 1. The first kappa shape index (κ1) is 14.0. The lowest BCUT2D eigenvalue weighted by Gasteiger charge is -2.09. The Morgan fingerprint density at radius 3 is 2.89 bits per heavy atom. The molecular formula is C13H17ClN4O. The van der Waals surface area contributed by atoms with E-state index in [2.05, 4.69) is 20.1 Å². The monoisotopic (exact) mass is 280 g/mol. The largest absolute Gasteiger partial charge is 0.392 e. The Kier molecular flexibility index (Phi) is 4.52. The molecule has 0 unspecified atom stereocenters. The smallest absolute Gasteiger partial charge is 0.164 e. The molecule has 0 radical (unpaired) electrons. The van der Waals surface area contributed by atoms with Crippen LogP contribution in [-0.2, 0) is 19.6 Å². The first-order valence-electron chi connectivity index (χ1n) is 6.22. The summed E-state index contributed by atoms with van der Waals surface area (Å²) in [5, 5.41) is 21.3. The SMILES string of the molecule is Cl.OCc1ccccc1-c1nnc2n1CCNCC2. The Hall–Kier alpha value is -1.43. The molecule has 2 N–H and O–H groups in total. The predicted octanol–water partition coefficient (Wildman–Crippen LogP) is 1.00. The highest BCUT2D eigenvalue weighted by Gasteiger charge is 2.17. The van der Waals surface area contributed by atoms with Crippen LogP contribution in [0.2, 0.25) is 0 Å². The number of rotatable bonds is 2. The van der Waals surface area contributed by atoms with Crippen molar-refractivity contribution in [1.82, 2.24) is 20.1 Å². The second kappa shape index (κ2) is 6.14. The van der Waals surface area contributed by atoms with E-state index in [-0.39, 0.29) is 19.0 Å². The highest BCUT2D eigenvalue weighted by atomic mass is 35.5. The van der Waals surface area contributed by atoms with Gasteiger partial charge >= 0.3 is 0 Å². The Balaban J connectivity index is 0.00000133. The molecule has 1 aliphatic rings. The number of nitrogens with zero attached hydrogens (tertiary/aromatic N) is 3. The highest BCUT2D eigenvalue weighted by molar-refractivity contribution is 5.85. The molecule has 19 heavy (non-hydrogen) atoms. The normalized spacial score (nSPS) is 14.4. The summed E-state index contributed by atoms with van der Waals surface area (Å²) in [6, 6.07) is 7.80. The van der Waals surface area contributed by atoms with Gasteiger partial charge in [-0.15, -0.1) is 22.6 Å². The Bertz CT molecular complexity index is 555. The molecule has 1 aliphatic heterocycles. The van der Waals surface area contributed by atoms with E-state index in [0.717, 1.165) is 48.8 Å². The third-order valence-electron chi connectivity index (χ3n) is 3.29. The molecule has 0 spiro atoms. The summed E-state index contributed by atoms with van der Waals surface area (Å²) in [4.78, 5) is 0. The minimum Gasteiger partial charge on any atom is -0.392 e. The summed E-state index contributed by atoms with van der Waals surface area (Å²) < 4.78 is 2.15. The van der Waals surface area contributed by atoms with E-state index in [9.17, 15) is 5.11 Å². The van der Waals surface area contributed by atoms with Gasteiger partial charge in [-0.2, -0.15) is 0 Å². The van der Waals surface area contributed by atoms with E-state index in [0.29, 0.717) is 0 Å². The molecule has 0 bridgehead atoms. The molecule has 0 atom stereocenters. The van der Waals surface area contributed by atoms with E-state index in [1.807, 2.05) is 24.3 Å². The first-order valence-corrected chi connectivity index (χ1v) is 6.22. The fraction of sp³-hybridized carbons (Fsp3) is 0.385. The third-order valence-corrected chi connectivity index (χ3v) is 3.29. The van der Waals surface area contributed by atoms with Crippen LogP contribution >= 0.6 is 12.4 Å². The van der Waals surface area contributed by atoms with Crippen molar-refractivity contribution < 1.29 is 5.11 Å². The summed E-state index contributed by atoms with van der Waals surface area (Å²) in [6.07, 6.45) is 0.897. The molecule has 0 saturated heterocycles. The number of benzene rings is 1. The fourth-order valence-electron chi connectivity index (χ4n) is 2.35. The van der Waals surface area contributed by atoms with Crippen LogP contribution in [0.4, 0.5) is 0 Å². The molecule has 1 aromatic carbocycles. The molecule has 0 saturated carbocycles. The third kappa shape index (κ3) is 2.63. The van der Waals surface area contributed by atoms with Crippen molar-refractivity contribution in [2.75, 3.05) is 13.1 Å². The van der Waals surface area contributed by atoms with Crippen molar-refractivity contribution in [3.63, 3.8) is 0 Å². The van der Waals surface area contributed by atoms with Crippen LogP contribution in [0.15, 0.2) is 24.3 Å². The molecule has 2 aromatic rings. The average Bonchev–Trinajstić information content (AvgIpc) is 2.67. The van der Waals surface area contributed by atoms with Crippen molar-refractivity contribution in [3.05, 3.63) is 35.7 Å². The minimum atomic E-state index is 0. The maximum Gasteiger partial charge on any atom is 0.164 e. The summed E-state index contributed by atoms with van der Waals surface area (Å²) in [5.74, 6) is 1.88. The molecule has 6 heteroatoms. The molecule has 0 fully saturated rings. The van der Waals surface area contributed by atoms with E-state index >= 15 is 0 Å². The maximum absolute atomic E-state index is 9.41. The standard InChI is InChI=1S/C13H16N4O.ClH/c18-9-10-3-1-2-4-11(10)13-16-15-12-5-6-14-7-8-17(12)13;/h1-4,14,18H,5-9H2;1H. The van der Waals surface area contributed by atoms with Crippen molar-refractivity contribution in [1.29, 1.82) is 0 Å². The van der Waals surface area contributed by atoms with Gasteiger partial charge in [0.25, 0.3) is 0 Å². The Morgan fingerprint density at radius 1 is 1.21 bits per heavy atom. The molecule has 3 rings (SSSR count). The predicted molar refractivity (Wildman–Crippen MR) is 75.2 cm³/mol. The number of hydrogen-bond donors (Lipinski definition) is 2. The zero-order chi connectivity index (χ0) is 12.4. The summed E-state index contributed by atoms with van der Waals surface area (Å²) in [5.41, 5.74) is 1.87. The second-order valence-electron chi connectivity index (χ2n) is 4.41. The van der Waals surface area contributed by atoms with E-state index in [1.165, 1.54) is 0 Å². The minimum absolute atomic E-state index is 0. The molecule has 102 valence electrons. The van der Waals surface area contributed by atoms with Gasteiger partial charge in [-0.1, -0.05) is 24.3 Å². The van der Waals surface area contributed by atoms with Crippen molar-refractivity contribution in [3.8, 4) is 11.4 Å². The molecule has 0 amide bonds. The van der Waals surface area contributed by atoms with Crippen molar-refractivity contribution in [2.45, 2.75) is 19.6 Å². The molecular weight excluding hydrogens is 264 g/mol. The van der Waals surface area contributed by atoms with Gasteiger partial charge in [0.05, 0.1) is 6.61 Å². The van der Waals surface area contributed by atoms with Gasteiger partial charge in [-0.25, -0.2) is 0 Å². The Morgan fingerprint density at radius 2 is 2.05 bits per heavy atom. The van der Waals surface area contributed by atoms with Gasteiger partial charge in [0.2, 0.25) is 0 Å².